The first-order valence-corrected chi connectivity index (χ1v) is 4.14. The van der Waals surface area contributed by atoms with Crippen LogP contribution >= 0.6 is 0 Å². The third kappa shape index (κ3) is 2.79. The standard InChI is InChI=1S/C4H9NO4S/c1-2-3-4(5-6)10(7,8)9/h6H,2-3H2,1H3,(H,7,8,9). The Morgan fingerprint density at radius 1 is 1.60 bits per heavy atom. The average molecular weight is 167 g/mol. The Morgan fingerprint density at radius 2 is 2.10 bits per heavy atom. The van der Waals surface area contributed by atoms with E-state index in [1.54, 1.807) is 6.92 Å². The summed E-state index contributed by atoms with van der Waals surface area (Å²) in [6, 6.07) is 0. The molecule has 0 spiro atoms. The van der Waals surface area contributed by atoms with Crippen molar-refractivity contribution in [2.24, 2.45) is 5.16 Å². The van der Waals surface area contributed by atoms with Gasteiger partial charge < -0.3 is 5.21 Å². The fourth-order valence-electron chi connectivity index (χ4n) is 0.444. The largest absolute Gasteiger partial charge is 0.410 e. The van der Waals surface area contributed by atoms with Gasteiger partial charge in [0.2, 0.25) is 0 Å². The van der Waals surface area contributed by atoms with Gasteiger partial charge in [0, 0.05) is 6.42 Å². The maximum absolute atomic E-state index is 10.2. The van der Waals surface area contributed by atoms with Gasteiger partial charge in [-0.3, -0.25) is 4.55 Å². The number of oxime groups is 1. The third-order valence-electron chi connectivity index (χ3n) is 0.873. The molecule has 0 atom stereocenters. The number of nitrogens with zero attached hydrogens (tertiary/aromatic N) is 1. The second-order valence-electron chi connectivity index (χ2n) is 1.72. The van der Waals surface area contributed by atoms with E-state index in [-0.39, 0.29) is 6.42 Å². The van der Waals surface area contributed by atoms with Crippen LogP contribution in [0.5, 0.6) is 0 Å². The number of rotatable bonds is 2. The summed E-state index contributed by atoms with van der Waals surface area (Å²) in [5, 5.41) is 9.88. The first-order valence-electron chi connectivity index (χ1n) is 2.70. The second-order valence-corrected chi connectivity index (χ2v) is 3.14. The Kier molecular flexibility index (Phi) is 3.31. The van der Waals surface area contributed by atoms with E-state index in [0.29, 0.717) is 6.42 Å². The monoisotopic (exact) mass is 167 g/mol. The molecule has 0 aromatic heterocycles. The van der Waals surface area contributed by atoms with Crippen LogP contribution in [0.1, 0.15) is 19.8 Å². The lowest BCUT2D eigenvalue weighted by atomic mass is 10.4. The van der Waals surface area contributed by atoms with Crippen LogP contribution in [0.15, 0.2) is 5.16 Å². The Bertz CT molecular complexity index is 217. The lowest BCUT2D eigenvalue weighted by Gasteiger charge is -1.95. The molecule has 0 bridgehead atoms. The van der Waals surface area contributed by atoms with Crippen molar-refractivity contribution in [2.75, 3.05) is 0 Å². The first kappa shape index (κ1) is 9.38. The molecule has 5 nitrogen and oxygen atoms in total. The van der Waals surface area contributed by atoms with Crippen LogP contribution in [0.2, 0.25) is 0 Å². The van der Waals surface area contributed by atoms with Gasteiger partial charge in [-0.15, -0.1) is 0 Å². The van der Waals surface area contributed by atoms with E-state index in [4.69, 9.17) is 9.76 Å². The van der Waals surface area contributed by atoms with Crippen molar-refractivity contribution in [1.82, 2.24) is 0 Å². The van der Waals surface area contributed by atoms with E-state index in [1.807, 2.05) is 0 Å². The average Bonchev–Trinajstić information content (AvgIpc) is 1.80. The summed E-state index contributed by atoms with van der Waals surface area (Å²) in [5.41, 5.74) is 0. The highest BCUT2D eigenvalue weighted by atomic mass is 32.2. The summed E-state index contributed by atoms with van der Waals surface area (Å²) in [6.45, 7) is 1.70. The second kappa shape index (κ2) is 3.52. The summed E-state index contributed by atoms with van der Waals surface area (Å²) in [7, 11) is -4.28. The quantitative estimate of drug-likeness (QED) is 0.206. The van der Waals surface area contributed by atoms with Crippen LogP contribution in [0.3, 0.4) is 0 Å². The molecule has 0 fully saturated rings. The van der Waals surface area contributed by atoms with Crippen molar-refractivity contribution in [3.8, 4) is 0 Å². The summed E-state index contributed by atoms with van der Waals surface area (Å²) in [4.78, 5) is 0. The smallest absolute Gasteiger partial charge is 0.311 e. The highest BCUT2D eigenvalue weighted by molar-refractivity contribution is 8.01. The van der Waals surface area contributed by atoms with Gasteiger partial charge in [0.15, 0.2) is 5.04 Å². The van der Waals surface area contributed by atoms with Crippen LogP contribution in [0, 0.1) is 0 Å². The van der Waals surface area contributed by atoms with Crippen molar-refractivity contribution in [3.05, 3.63) is 0 Å². The van der Waals surface area contributed by atoms with Crippen molar-refractivity contribution in [3.63, 3.8) is 0 Å². The minimum atomic E-state index is -4.28. The molecule has 0 aromatic carbocycles. The molecule has 0 heterocycles. The molecule has 0 aliphatic carbocycles. The molecule has 0 aliphatic heterocycles. The maximum atomic E-state index is 10.2. The van der Waals surface area contributed by atoms with Gasteiger partial charge in [-0.1, -0.05) is 12.1 Å². The van der Waals surface area contributed by atoms with E-state index in [2.05, 4.69) is 5.16 Å². The highest BCUT2D eigenvalue weighted by Crippen LogP contribution is 1.97. The minimum absolute atomic E-state index is 0.0509. The molecule has 0 saturated heterocycles. The fraction of sp³-hybridized carbons (Fsp3) is 0.750. The van der Waals surface area contributed by atoms with Crippen LogP contribution in [-0.2, 0) is 10.1 Å². The SMILES string of the molecule is CCCC(=NO)S(=O)(=O)O. The molecular weight excluding hydrogens is 158 g/mol. The van der Waals surface area contributed by atoms with E-state index in [9.17, 15) is 8.42 Å². The molecule has 2 N–H and O–H groups in total. The molecule has 6 heteroatoms. The van der Waals surface area contributed by atoms with Gasteiger partial charge in [0.1, 0.15) is 0 Å². The molecule has 0 rings (SSSR count). The molecule has 0 aliphatic rings. The van der Waals surface area contributed by atoms with Gasteiger partial charge in [-0.25, -0.2) is 0 Å². The summed E-state index contributed by atoms with van der Waals surface area (Å²) in [5.74, 6) is 0. The Balaban J connectivity index is 4.41. The van der Waals surface area contributed by atoms with Gasteiger partial charge >= 0.3 is 10.1 Å². The van der Waals surface area contributed by atoms with E-state index in [0.717, 1.165) is 0 Å². The normalized spacial score (nSPS) is 13.6. The molecule has 60 valence electrons. The van der Waals surface area contributed by atoms with Gasteiger partial charge in [0.05, 0.1) is 0 Å². The van der Waals surface area contributed by atoms with E-state index < -0.39 is 15.2 Å². The maximum Gasteiger partial charge on any atom is 0.311 e. The summed E-state index contributed by atoms with van der Waals surface area (Å²) >= 11 is 0. The first-order chi connectivity index (χ1) is 4.52. The molecule has 0 radical (unpaired) electrons. The zero-order chi connectivity index (χ0) is 8.20. The summed E-state index contributed by atoms with van der Waals surface area (Å²) < 4.78 is 28.7. The summed E-state index contributed by atoms with van der Waals surface area (Å²) in [6.07, 6.45) is 0.550. The molecule has 0 aromatic rings. The number of hydrogen-bond acceptors (Lipinski definition) is 4. The van der Waals surface area contributed by atoms with Crippen molar-refractivity contribution in [1.29, 1.82) is 0 Å². The number of hydrogen-bond donors (Lipinski definition) is 2. The van der Waals surface area contributed by atoms with Crippen molar-refractivity contribution >= 4 is 15.2 Å². The molecule has 0 unspecified atom stereocenters. The van der Waals surface area contributed by atoms with Crippen LogP contribution in [0.4, 0.5) is 0 Å². The van der Waals surface area contributed by atoms with Gasteiger partial charge in [-0.2, -0.15) is 8.42 Å². The van der Waals surface area contributed by atoms with Crippen molar-refractivity contribution in [2.45, 2.75) is 19.8 Å². The molecule has 0 amide bonds. The highest BCUT2D eigenvalue weighted by Gasteiger charge is 2.14. The molecular formula is C4H9NO4S. The fourth-order valence-corrected chi connectivity index (χ4v) is 1.01. The minimum Gasteiger partial charge on any atom is -0.410 e. The van der Waals surface area contributed by atoms with Gasteiger partial charge in [-0.05, 0) is 6.42 Å². The Labute approximate surface area is 59.1 Å². The predicted molar refractivity (Wildman–Crippen MR) is 35.7 cm³/mol. The van der Waals surface area contributed by atoms with Crippen LogP contribution < -0.4 is 0 Å². The van der Waals surface area contributed by atoms with Crippen molar-refractivity contribution < 1.29 is 18.2 Å². The zero-order valence-electron chi connectivity index (χ0n) is 5.48. The van der Waals surface area contributed by atoms with Crippen LogP contribution in [0.25, 0.3) is 0 Å². The van der Waals surface area contributed by atoms with E-state index in [1.165, 1.54) is 0 Å². The lowest BCUT2D eigenvalue weighted by molar-refractivity contribution is 0.318. The predicted octanol–water partition coefficient (Wildman–Crippen LogP) is 0.462. The Hall–Kier alpha value is -0.620. The topological polar surface area (TPSA) is 87.0 Å². The van der Waals surface area contributed by atoms with Gasteiger partial charge in [0.25, 0.3) is 0 Å². The molecule has 0 saturated carbocycles. The lowest BCUT2D eigenvalue weighted by Crippen LogP contribution is -2.12. The molecule has 10 heavy (non-hydrogen) atoms. The Morgan fingerprint density at radius 3 is 2.20 bits per heavy atom. The third-order valence-corrected chi connectivity index (χ3v) is 1.75. The van der Waals surface area contributed by atoms with E-state index >= 15 is 0 Å². The zero-order valence-corrected chi connectivity index (χ0v) is 6.30. The van der Waals surface area contributed by atoms with Crippen LogP contribution in [-0.4, -0.2) is 23.2 Å².